The molecule has 5 nitrogen and oxygen atoms in total. The van der Waals surface area contributed by atoms with Crippen molar-refractivity contribution in [1.82, 2.24) is 0 Å². The fourth-order valence-corrected chi connectivity index (χ4v) is 1.47. The quantitative estimate of drug-likeness (QED) is 0.738. The Morgan fingerprint density at radius 3 is 2.33 bits per heavy atom. The van der Waals surface area contributed by atoms with Crippen molar-refractivity contribution in [3.63, 3.8) is 0 Å². The highest BCUT2D eigenvalue weighted by atomic mass is 16.5. The highest BCUT2D eigenvalue weighted by molar-refractivity contribution is 6.08. The van der Waals surface area contributed by atoms with Crippen LogP contribution in [0.2, 0.25) is 0 Å². The van der Waals surface area contributed by atoms with E-state index in [0.29, 0.717) is 5.75 Å². The topological polar surface area (TPSA) is 89.6 Å². The standard InChI is InChI=1S/C13H17NO4/c1-9(2)13(14,12(16)17)11(15)8-18-10-6-4-3-5-7-10/h3-7,9H,8,14H2,1-2H3,(H,16,17)/t13-/m0/s1. The number of carboxylic acid groups (broad SMARTS) is 1. The summed E-state index contributed by atoms with van der Waals surface area (Å²) >= 11 is 0. The molecule has 0 unspecified atom stereocenters. The fourth-order valence-electron chi connectivity index (χ4n) is 1.47. The van der Waals surface area contributed by atoms with Gasteiger partial charge in [0, 0.05) is 0 Å². The molecule has 0 amide bonds. The maximum absolute atomic E-state index is 11.9. The van der Waals surface area contributed by atoms with Gasteiger partial charge in [0.15, 0.2) is 5.54 Å². The number of Topliss-reactive ketones (excluding diaryl/α,β-unsaturated/α-hetero) is 1. The molecule has 0 heterocycles. The van der Waals surface area contributed by atoms with Gasteiger partial charge in [0.05, 0.1) is 0 Å². The number of hydrogen-bond donors (Lipinski definition) is 2. The molecule has 0 aliphatic rings. The van der Waals surface area contributed by atoms with Gasteiger partial charge >= 0.3 is 5.97 Å². The zero-order valence-electron chi connectivity index (χ0n) is 10.4. The van der Waals surface area contributed by atoms with Crippen LogP contribution in [0.25, 0.3) is 0 Å². The molecule has 18 heavy (non-hydrogen) atoms. The normalized spacial score (nSPS) is 14.0. The molecule has 0 aliphatic carbocycles. The number of carbonyl (C=O) groups excluding carboxylic acids is 1. The molecule has 0 saturated carbocycles. The Labute approximate surface area is 106 Å². The summed E-state index contributed by atoms with van der Waals surface area (Å²) in [7, 11) is 0. The molecular weight excluding hydrogens is 234 g/mol. The number of carbonyl (C=O) groups is 2. The van der Waals surface area contributed by atoms with E-state index >= 15 is 0 Å². The summed E-state index contributed by atoms with van der Waals surface area (Å²) in [6.45, 7) is 2.83. The number of hydrogen-bond acceptors (Lipinski definition) is 4. The van der Waals surface area contributed by atoms with Crippen molar-refractivity contribution < 1.29 is 19.4 Å². The molecule has 1 aromatic rings. The Kier molecular flexibility index (Phi) is 4.44. The van der Waals surface area contributed by atoms with Crippen LogP contribution in [0.1, 0.15) is 13.8 Å². The third kappa shape index (κ3) is 2.87. The van der Waals surface area contributed by atoms with E-state index in [4.69, 9.17) is 15.6 Å². The first-order chi connectivity index (χ1) is 8.39. The van der Waals surface area contributed by atoms with Gasteiger partial charge < -0.3 is 15.6 Å². The zero-order chi connectivity index (χ0) is 13.8. The van der Waals surface area contributed by atoms with Gasteiger partial charge in [-0.3, -0.25) is 4.79 Å². The SMILES string of the molecule is CC(C)[C@@](N)(C(=O)O)C(=O)COc1ccccc1. The third-order valence-corrected chi connectivity index (χ3v) is 2.84. The van der Waals surface area contributed by atoms with Gasteiger partial charge in [-0.2, -0.15) is 0 Å². The Hall–Kier alpha value is -1.88. The molecule has 3 N–H and O–H groups in total. The minimum Gasteiger partial charge on any atom is -0.486 e. The molecule has 0 spiro atoms. The van der Waals surface area contributed by atoms with Crippen LogP contribution in [-0.4, -0.2) is 29.0 Å². The summed E-state index contributed by atoms with van der Waals surface area (Å²) in [6.07, 6.45) is 0. The molecule has 0 aromatic heterocycles. The van der Waals surface area contributed by atoms with Crippen LogP contribution in [0.5, 0.6) is 5.75 Å². The van der Waals surface area contributed by atoms with Crippen molar-refractivity contribution in [3.05, 3.63) is 30.3 Å². The van der Waals surface area contributed by atoms with E-state index in [1.807, 2.05) is 6.07 Å². The van der Waals surface area contributed by atoms with Crippen molar-refractivity contribution >= 4 is 11.8 Å². The molecule has 1 atom stereocenters. The lowest BCUT2D eigenvalue weighted by Crippen LogP contribution is -2.60. The lowest BCUT2D eigenvalue weighted by Gasteiger charge is -2.27. The molecule has 0 fully saturated rings. The van der Waals surface area contributed by atoms with Crippen molar-refractivity contribution in [3.8, 4) is 5.75 Å². The predicted octanol–water partition coefficient (Wildman–Crippen LogP) is 1.07. The number of nitrogens with two attached hydrogens (primary N) is 1. The number of para-hydroxylation sites is 1. The molecular formula is C13H17NO4. The summed E-state index contributed by atoms with van der Waals surface area (Å²) in [4.78, 5) is 23.0. The lowest BCUT2D eigenvalue weighted by atomic mass is 9.83. The number of ether oxygens (including phenoxy) is 1. The van der Waals surface area contributed by atoms with Crippen LogP contribution >= 0.6 is 0 Å². The van der Waals surface area contributed by atoms with Crippen LogP contribution in [0.3, 0.4) is 0 Å². The molecule has 0 aliphatic heterocycles. The van der Waals surface area contributed by atoms with E-state index in [9.17, 15) is 9.59 Å². The van der Waals surface area contributed by atoms with E-state index in [2.05, 4.69) is 0 Å². The smallest absolute Gasteiger partial charge is 0.331 e. The highest BCUT2D eigenvalue weighted by Gasteiger charge is 2.45. The molecule has 1 rings (SSSR count). The van der Waals surface area contributed by atoms with E-state index in [-0.39, 0.29) is 6.61 Å². The van der Waals surface area contributed by atoms with E-state index in [0.717, 1.165) is 0 Å². The van der Waals surface area contributed by atoms with Crippen molar-refractivity contribution in [1.29, 1.82) is 0 Å². The largest absolute Gasteiger partial charge is 0.486 e. The molecule has 1 aromatic carbocycles. The molecule has 5 heteroatoms. The summed E-state index contributed by atoms with van der Waals surface area (Å²) in [5, 5.41) is 9.07. The zero-order valence-corrected chi connectivity index (χ0v) is 10.4. The Balaban J connectivity index is 2.73. The van der Waals surface area contributed by atoms with Gasteiger partial charge in [0.1, 0.15) is 12.4 Å². The van der Waals surface area contributed by atoms with E-state index in [1.165, 1.54) is 0 Å². The second-order valence-corrected chi connectivity index (χ2v) is 4.35. The maximum Gasteiger partial charge on any atom is 0.331 e. The minimum atomic E-state index is -1.91. The van der Waals surface area contributed by atoms with Gasteiger partial charge in [0.2, 0.25) is 5.78 Å². The van der Waals surface area contributed by atoms with Crippen LogP contribution in [-0.2, 0) is 9.59 Å². The predicted molar refractivity (Wildman–Crippen MR) is 66.3 cm³/mol. The van der Waals surface area contributed by atoms with Gasteiger partial charge in [-0.15, -0.1) is 0 Å². The number of rotatable bonds is 6. The average Bonchev–Trinajstić information content (AvgIpc) is 2.35. The second kappa shape index (κ2) is 5.64. The van der Waals surface area contributed by atoms with E-state index in [1.54, 1.807) is 38.1 Å². The number of aliphatic carboxylic acids is 1. The third-order valence-electron chi connectivity index (χ3n) is 2.84. The Bertz CT molecular complexity index is 430. The molecule has 0 bridgehead atoms. The van der Waals surface area contributed by atoms with Crippen LogP contribution in [0, 0.1) is 5.92 Å². The second-order valence-electron chi connectivity index (χ2n) is 4.35. The summed E-state index contributed by atoms with van der Waals surface area (Å²) in [5.41, 5.74) is 3.75. The van der Waals surface area contributed by atoms with Crippen molar-refractivity contribution in [2.24, 2.45) is 11.7 Å². The molecule has 0 radical (unpaired) electrons. The van der Waals surface area contributed by atoms with Crippen LogP contribution < -0.4 is 10.5 Å². The number of ketones is 1. The average molecular weight is 251 g/mol. The first-order valence-corrected chi connectivity index (χ1v) is 5.62. The van der Waals surface area contributed by atoms with Gasteiger partial charge in [-0.05, 0) is 18.1 Å². The van der Waals surface area contributed by atoms with Gasteiger partial charge in [-0.1, -0.05) is 32.0 Å². The van der Waals surface area contributed by atoms with Crippen molar-refractivity contribution in [2.75, 3.05) is 6.61 Å². The number of carboxylic acids is 1. The number of benzene rings is 1. The minimum absolute atomic E-state index is 0.356. The highest BCUT2D eigenvalue weighted by Crippen LogP contribution is 2.17. The fraction of sp³-hybridized carbons (Fsp3) is 0.385. The van der Waals surface area contributed by atoms with Crippen LogP contribution in [0.4, 0.5) is 0 Å². The van der Waals surface area contributed by atoms with Gasteiger partial charge in [0.25, 0.3) is 0 Å². The summed E-state index contributed by atoms with van der Waals surface area (Å²) in [5.74, 6) is -1.99. The Morgan fingerprint density at radius 1 is 1.33 bits per heavy atom. The van der Waals surface area contributed by atoms with Crippen molar-refractivity contribution in [2.45, 2.75) is 19.4 Å². The van der Waals surface area contributed by atoms with Crippen LogP contribution in [0.15, 0.2) is 30.3 Å². The van der Waals surface area contributed by atoms with Gasteiger partial charge in [-0.25, -0.2) is 4.79 Å². The van der Waals surface area contributed by atoms with E-state index < -0.39 is 23.2 Å². The maximum atomic E-state index is 11.9. The summed E-state index contributed by atoms with van der Waals surface area (Å²) in [6, 6.07) is 8.70. The lowest BCUT2D eigenvalue weighted by molar-refractivity contribution is -0.151. The molecule has 98 valence electrons. The first kappa shape index (κ1) is 14.2. The Morgan fingerprint density at radius 2 is 1.89 bits per heavy atom. The summed E-state index contributed by atoms with van der Waals surface area (Å²) < 4.78 is 5.22. The monoisotopic (exact) mass is 251 g/mol. The first-order valence-electron chi connectivity index (χ1n) is 5.62. The molecule has 0 saturated heterocycles.